The van der Waals surface area contributed by atoms with Gasteiger partial charge in [-0.15, -0.1) is 0 Å². The highest BCUT2D eigenvalue weighted by molar-refractivity contribution is 5.91. The Balaban J connectivity index is 1.70. The van der Waals surface area contributed by atoms with Gasteiger partial charge in [-0.25, -0.2) is 0 Å². The van der Waals surface area contributed by atoms with Crippen molar-refractivity contribution in [3.05, 3.63) is 59.7 Å². The molecule has 0 aliphatic carbocycles. The average molecular weight is 560 g/mol. The van der Waals surface area contributed by atoms with E-state index in [-0.39, 0.29) is 17.7 Å². The molecule has 3 N–H and O–H groups in total. The molecule has 0 radical (unpaired) electrons. The second-order valence-corrected chi connectivity index (χ2v) is 11.1. The topological polar surface area (TPSA) is 92.5 Å². The molecule has 3 amide bonds. The van der Waals surface area contributed by atoms with E-state index in [1.807, 2.05) is 45.0 Å². The van der Waals surface area contributed by atoms with Gasteiger partial charge in [0.1, 0.15) is 6.04 Å². The molecule has 3 atom stereocenters. The van der Waals surface area contributed by atoms with Crippen LogP contribution in [0.25, 0.3) is 11.1 Å². The summed E-state index contributed by atoms with van der Waals surface area (Å²) in [4.78, 5) is 40.8. The van der Waals surface area contributed by atoms with Crippen LogP contribution in [0.5, 0.6) is 0 Å². The predicted molar refractivity (Wildman–Crippen MR) is 149 cm³/mol. The summed E-state index contributed by atoms with van der Waals surface area (Å²) in [5.41, 5.74) is 7.29. The van der Waals surface area contributed by atoms with E-state index in [1.54, 1.807) is 4.90 Å². The lowest BCUT2D eigenvalue weighted by molar-refractivity contribution is -0.139. The molecule has 6 nitrogen and oxygen atoms in total. The molecule has 1 aliphatic heterocycles. The molecule has 40 heavy (non-hydrogen) atoms. The van der Waals surface area contributed by atoms with Crippen LogP contribution < -0.4 is 11.1 Å². The van der Waals surface area contributed by atoms with Crippen LogP contribution in [0.2, 0.25) is 0 Å². The van der Waals surface area contributed by atoms with Crippen LogP contribution in [0.4, 0.5) is 13.2 Å². The van der Waals surface area contributed by atoms with Gasteiger partial charge in [0.25, 0.3) is 0 Å². The van der Waals surface area contributed by atoms with Gasteiger partial charge in [-0.1, -0.05) is 63.6 Å². The van der Waals surface area contributed by atoms with Crippen molar-refractivity contribution in [2.24, 2.45) is 23.5 Å². The lowest BCUT2D eigenvalue weighted by Gasteiger charge is -2.29. The third-order valence-electron chi connectivity index (χ3n) is 7.48. The summed E-state index contributed by atoms with van der Waals surface area (Å²) in [6, 6.07) is 11.7. The zero-order valence-electron chi connectivity index (χ0n) is 23.5. The number of amides is 3. The fourth-order valence-electron chi connectivity index (χ4n) is 5.36. The van der Waals surface area contributed by atoms with Gasteiger partial charge in [-0.05, 0) is 66.8 Å². The molecule has 2 aromatic carbocycles. The molecule has 0 spiro atoms. The molecular weight excluding hydrogens is 519 g/mol. The van der Waals surface area contributed by atoms with Gasteiger partial charge in [-0.3, -0.25) is 14.4 Å². The predicted octanol–water partition coefficient (Wildman–Crippen LogP) is 5.93. The normalized spacial score (nSPS) is 17.8. The summed E-state index contributed by atoms with van der Waals surface area (Å²) in [6.07, 6.45) is -0.517. The first-order valence-electron chi connectivity index (χ1n) is 14.1. The van der Waals surface area contributed by atoms with Gasteiger partial charge < -0.3 is 16.0 Å². The Hall–Kier alpha value is -3.36. The Labute approximate surface area is 234 Å². The molecule has 0 bridgehead atoms. The highest BCUT2D eigenvalue weighted by atomic mass is 19.4. The van der Waals surface area contributed by atoms with E-state index >= 15 is 0 Å². The number of halogens is 3. The van der Waals surface area contributed by atoms with E-state index in [4.69, 9.17) is 5.73 Å². The largest absolute Gasteiger partial charge is 0.416 e. The van der Waals surface area contributed by atoms with Crippen molar-refractivity contribution in [3.8, 4) is 11.1 Å². The fourth-order valence-corrected chi connectivity index (χ4v) is 5.36. The second kappa shape index (κ2) is 13.8. The van der Waals surface area contributed by atoms with Gasteiger partial charge in [-0.2, -0.15) is 13.2 Å². The zero-order valence-corrected chi connectivity index (χ0v) is 23.5. The molecule has 1 aliphatic rings. The highest BCUT2D eigenvalue weighted by Gasteiger charge is 2.36. The lowest BCUT2D eigenvalue weighted by atomic mass is 9.81. The minimum Gasteiger partial charge on any atom is -0.369 e. The molecular formula is C31H40F3N3O3. The third-order valence-corrected chi connectivity index (χ3v) is 7.48. The Morgan fingerprint density at radius 1 is 1.00 bits per heavy atom. The summed E-state index contributed by atoms with van der Waals surface area (Å²) in [7, 11) is 0. The number of rotatable bonds is 11. The summed E-state index contributed by atoms with van der Waals surface area (Å²) in [6.45, 7) is 6.84. The van der Waals surface area contributed by atoms with Crippen LogP contribution in [0, 0.1) is 17.8 Å². The first-order valence-corrected chi connectivity index (χ1v) is 14.1. The number of nitrogens with zero attached hydrogens (tertiary/aromatic N) is 1. The number of benzene rings is 2. The molecule has 218 valence electrons. The lowest BCUT2D eigenvalue weighted by Crippen LogP contribution is -2.50. The number of nitrogens with one attached hydrogen (secondary N) is 1. The zero-order chi connectivity index (χ0) is 29.4. The van der Waals surface area contributed by atoms with Crippen LogP contribution in [0.3, 0.4) is 0 Å². The number of primary amides is 1. The van der Waals surface area contributed by atoms with Gasteiger partial charge in [0, 0.05) is 24.9 Å². The number of carbonyl (C=O) groups is 3. The van der Waals surface area contributed by atoms with Crippen LogP contribution >= 0.6 is 0 Å². The molecule has 0 aromatic heterocycles. The number of alkyl halides is 3. The Bertz CT molecular complexity index is 1150. The summed E-state index contributed by atoms with van der Waals surface area (Å²) in [5, 5.41) is 2.95. The Kier molecular flexibility index (Phi) is 10.8. The van der Waals surface area contributed by atoms with Crippen molar-refractivity contribution in [2.75, 3.05) is 6.54 Å². The number of hydrogen-bond donors (Lipinski definition) is 2. The van der Waals surface area contributed by atoms with Crippen molar-refractivity contribution in [1.82, 2.24) is 10.2 Å². The van der Waals surface area contributed by atoms with Crippen molar-refractivity contribution in [2.45, 2.75) is 78.1 Å². The smallest absolute Gasteiger partial charge is 0.369 e. The van der Waals surface area contributed by atoms with Gasteiger partial charge in [0.15, 0.2) is 0 Å². The standard InChI is InChI=1S/C31H40F3N3O3/c1-4-7-25(28(35)38)26(18-20(2)3)29(39)36-27-8-5-6-17-37(30(27)40)19-21-9-11-22(12-10-21)23-13-15-24(16-14-23)31(32,33)34/h9-16,20,25-27H,4-8,17-19H2,1-3H3,(H2,35,38)(H,36,39)/t25-,26?,27?/m0/s1. The Morgan fingerprint density at radius 3 is 2.12 bits per heavy atom. The molecule has 1 heterocycles. The second-order valence-electron chi connectivity index (χ2n) is 11.1. The molecule has 2 aromatic rings. The van der Waals surface area contributed by atoms with Gasteiger partial charge in [0.05, 0.1) is 5.56 Å². The van der Waals surface area contributed by atoms with Crippen LogP contribution in [0.1, 0.15) is 70.4 Å². The van der Waals surface area contributed by atoms with Gasteiger partial charge >= 0.3 is 6.18 Å². The first kappa shape index (κ1) is 31.2. The van der Waals surface area contributed by atoms with E-state index in [1.165, 1.54) is 12.1 Å². The van der Waals surface area contributed by atoms with E-state index in [2.05, 4.69) is 5.32 Å². The third kappa shape index (κ3) is 8.32. The van der Waals surface area contributed by atoms with E-state index in [9.17, 15) is 27.6 Å². The van der Waals surface area contributed by atoms with Crippen LogP contribution in [-0.2, 0) is 27.1 Å². The van der Waals surface area contributed by atoms with Crippen molar-refractivity contribution < 1.29 is 27.6 Å². The SMILES string of the molecule is CCC[C@H](C(N)=O)C(CC(C)C)C(=O)NC1CCCCN(Cc2ccc(-c3ccc(C(F)(F)F)cc3)cc2)C1=O. The molecule has 0 saturated carbocycles. The van der Waals surface area contributed by atoms with Crippen LogP contribution in [0.15, 0.2) is 48.5 Å². The average Bonchev–Trinajstić information content (AvgIpc) is 3.06. The quantitative estimate of drug-likeness (QED) is 0.357. The number of nitrogens with two attached hydrogens (primary N) is 1. The Morgan fingerprint density at radius 2 is 1.60 bits per heavy atom. The van der Waals surface area contributed by atoms with Crippen LogP contribution in [-0.4, -0.2) is 35.2 Å². The molecule has 1 fully saturated rings. The maximum Gasteiger partial charge on any atom is 0.416 e. The van der Waals surface area contributed by atoms with E-state index in [0.717, 1.165) is 42.5 Å². The monoisotopic (exact) mass is 559 g/mol. The minimum atomic E-state index is -4.38. The van der Waals surface area contributed by atoms with Gasteiger partial charge in [0.2, 0.25) is 17.7 Å². The summed E-state index contributed by atoms with van der Waals surface area (Å²) >= 11 is 0. The van der Waals surface area contributed by atoms with E-state index in [0.29, 0.717) is 37.9 Å². The van der Waals surface area contributed by atoms with Crippen molar-refractivity contribution in [1.29, 1.82) is 0 Å². The van der Waals surface area contributed by atoms with E-state index < -0.39 is 35.5 Å². The molecule has 9 heteroatoms. The molecule has 3 rings (SSSR count). The number of likely N-dealkylation sites (tertiary alicyclic amines) is 1. The minimum absolute atomic E-state index is 0.160. The number of hydrogen-bond acceptors (Lipinski definition) is 3. The first-order chi connectivity index (χ1) is 18.9. The maximum absolute atomic E-state index is 13.5. The summed E-state index contributed by atoms with van der Waals surface area (Å²) in [5.74, 6) is -1.93. The fraction of sp³-hybridized carbons (Fsp3) is 0.516. The molecule has 1 saturated heterocycles. The van der Waals surface area contributed by atoms with Crippen molar-refractivity contribution >= 4 is 17.7 Å². The molecule has 2 unspecified atom stereocenters. The van der Waals surface area contributed by atoms with Crippen molar-refractivity contribution in [3.63, 3.8) is 0 Å². The summed E-state index contributed by atoms with van der Waals surface area (Å²) < 4.78 is 38.6. The number of carbonyl (C=O) groups excluding carboxylic acids is 3. The highest BCUT2D eigenvalue weighted by Crippen LogP contribution is 2.31. The maximum atomic E-state index is 13.5.